The predicted octanol–water partition coefficient (Wildman–Crippen LogP) is 2.13. The Hall–Kier alpha value is -2.80. The maximum absolute atomic E-state index is 13.1. The molecule has 3 rings (SSSR count). The van der Waals surface area contributed by atoms with E-state index in [1.807, 2.05) is 30.3 Å². The quantitative estimate of drug-likeness (QED) is 0.729. The number of amides is 2. The normalized spacial score (nSPS) is 19.5. The molecule has 1 saturated heterocycles. The van der Waals surface area contributed by atoms with Crippen LogP contribution >= 0.6 is 0 Å². The Morgan fingerprint density at radius 1 is 1.22 bits per heavy atom. The van der Waals surface area contributed by atoms with Crippen molar-refractivity contribution in [3.8, 4) is 0 Å². The van der Waals surface area contributed by atoms with Gasteiger partial charge in [-0.05, 0) is 37.1 Å². The lowest BCUT2D eigenvalue weighted by Crippen LogP contribution is -2.62. The van der Waals surface area contributed by atoms with Crippen LogP contribution in [0.3, 0.4) is 0 Å². The van der Waals surface area contributed by atoms with Crippen molar-refractivity contribution < 1.29 is 18.7 Å². The highest BCUT2D eigenvalue weighted by atomic mass is 16.5. The largest absolute Gasteiger partial charge is 0.459 e. The number of benzene rings is 1. The molecule has 2 aromatic rings. The molecule has 27 heavy (non-hydrogen) atoms. The second-order valence-corrected chi connectivity index (χ2v) is 6.63. The van der Waals surface area contributed by atoms with Crippen LogP contribution in [-0.4, -0.2) is 55.6 Å². The predicted molar refractivity (Wildman–Crippen MR) is 102 cm³/mol. The maximum atomic E-state index is 13.1. The van der Waals surface area contributed by atoms with E-state index in [-0.39, 0.29) is 24.1 Å². The lowest BCUT2D eigenvalue weighted by Gasteiger charge is -2.42. The molecule has 1 aromatic carbocycles. The number of rotatable bonds is 7. The summed E-state index contributed by atoms with van der Waals surface area (Å²) in [6.07, 6.45) is 2.82. The molecule has 1 aromatic heterocycles. The molecule has 0 spiro atoms. The number of nitrogens with zero attached hydrogens (tertiary/aromatic N) is 1. The molecule has 1 aliphatic rings. The smallest absolute Gasteiger partial charge is 0.289 e. The maximum Gasteiger partial charge on any atom is 0.289 e. The fourth-order valence-electron chi connectivity index (χ4n) is 3.36. The Morgan fingerprint density at radius 2 is 2.04 bits per heavy atom. The average Bonchev–Trinajstić information content (AvgIpc) is 3.23. The molecule has 1 aliphatic heterocycles. The molecule has 0 aliphatic carbocycles. The number of para-hydroxylation sites is 1. The van der Waals surface area contributed by atoms with Gasteiger partial charge in [0, 0.05) is 25.9 Å². The molecule has 1 fully saturated rings. The number of nitrogens with one attached hydrogen (secondary N) is 2. The van der Waals surface area contributed by atoms with Gasteiger partial charge in [-0.15, -0.1) is 0 Å². The highest BCUT2D eigenvalue weighted by Crippen LogP contribution is 2.27. The third-order valence-electron chi connectivity index (χ3n) is 4.70. The summed E-state index contributed by atoms with van der Waals surface area (Å²) in [7, 11) is 1.59. The molecule has 2 amide bonds. The molecule has 1 unspecified atom stereocenters. The van der Waals surface area contributed by atoms with Crippen molar-refractivity contribution in [3.63, 3.8) is 0 Å². The molecule has 1 atom stereocenters. The van der Waals surface area contributed by atoms with E-state index in [9.17, 15) is 9.59 Å². The Morgan fingerprint density at radius 3 is 2.74 bits per heavy atom. The number of hydrogen-bond donors (Lipinski definition) is 2. The molecule has 0 radical (unpaired) electrons. The van der Waals surface area contributed by atoms with E-state index in [0.29, 0.717) is 32.5 Å². The lowest BCUT2D eigenvalue weighted by atomic mass is 9.87. The summed E-state index contributed by atoms with van der Waals surface area (Å²) < 4.78 is 10.3. The number of carbonyl (C=O) groups is 2. The summed E-state index contributed by atoms with van der Waals surface area (Å²) in [5.74, 6) is -0.0609. The van der Waals surface area contributed by atoms with Crippen LogP contribution in [0.15, 0.2) is 53.1 Å². The Labute approximate surface area is 158 Å². The Balaban J connectivity index is 1.81. The van der Waals surface area contributed by atoms with Gasteiger partial charge in [-0.2, -0.15) is 0 Å². The number of likely N-dealkylation sites (tertiary alicyclic amines) is 1. The van der Waals surface area contributed by atoms with Crippen LogP contribution in [0.2, 0.25) is 0 Å². The van der Waals surface area contributed by atoms with Crippen molar-refractivity contribution in [1.82, 2.24) is 10.2 Å². The molecular weight excluding hydrogens is 346 g/mol. The first-order valence-corrected chi connectivity index (χ1v) is 9.08. The van der Waals surface area contributed by atoms with E-state index in [4.69, 9.17) is 9.15 Å². The Bertz CT molecular complexity index is 748. The zero-order valence-electron chi connectivity index (χ0n) is 15.4. The second-order valence-electron chi connectivity index (χ2n) is 6.63. The number of methoxy groups -OCH3 is 1. The zero-order valence-corrected chi connectivity index (χ0v) is 15.4. The van der Waals surface area contributed by atoms with E-state index < -0.39 is 5.54 Å². The van der Waals surface area contributed by atoms with Gasteiger partial charge in [0.1, 0.15) is 5.54 Å². The lowest BCUT2D eigenvalue weighted by molar-refractivity contribution is -0.127. The summed E-state index contributed by atoms with van der Waals surface area (Å²) in [6, 6.07) is 12.9. The van der Waals surface area contributed by atoms with Gasteiger partial charge in [-0.1, -0.05) is 18.2 Å². The van der Waals surface area contributed by atoms with Gasteiger partial charge in [0.2, 0.25) is 5.91 Å². The van der Waals surface area contributed by atoms with E-state index in [1.54, 1.807) is 24.1 Å². The summed E-state index contributed by atoms with van der Waals surface area (Å²) >= 11 is 0. The van der Waals surface area contributed by atoms with E-state index in [2.05, 4.69) is 10.6 Å². The van der Waals surface area contributed by atoms with Crippen LogP contribution in [0.5, 0.6) is 0 Å². The van der Waals surface area contributed by atoms with Gasteiger partial charge >= 0.3 is 0 Å². The molecule has 0 saturated carbocycles. The first-order chi connectivity index (χ1) is 13.1. The molecule has 144 valence electrons. The summed E-state index contributed by atoms with van der Waals surface area (Å²) in [4.78, 5) is 27.5. The summed E-state index contributed by atoms with van der Waals surface area (Å²) in [5.41, 5.74) is -0.0676. The van der Waals surface area contributed by atoms with Gasteiger partial charge < -0.3 is 24.7 Å². The highest BCUT2D eigenvalue weighted by molar-refractivity contribution is 5.94. The highest BCUT2D eigenvalue weighted by Gasteiger charge is 2.44. The minimum atomic E-state index is -0.907. The number of piperidine rings is 1. The number of hydrogen-bond acceptors (Lipinski definition) is 5. The van der Waals surface area contributed by atoms with Crippen LogP contribution in [0.25, 0.3) is 0 Å². The van der Waals surface area contributed by atoms with Crippen molar-refractivity contribution in [2.24, 2.45) is 0 Å². The molecule has 0 bridgehead atoms. The molecule has 2 heterocycles. The van der Waals surface area contributed by atoms with Crippen LogP contribution in [0, 0.1) is 0 Å². The number of ether oxygens (including phenoxy) is 1. The molecular formula is C20H25N3O4. The fourth-order valence-corrected chi connectivity index (χ4v) is 3.36. The van der Waals surface area contributed by atoms with Crippen molar-refractivity contribution in [1.29, 1.82) is 0 Å². The van der Waals surface area contributed by atoms with Crippen molar-refractivity contribution >= 4 is 17.5 Å². The van der Waals surface area contributed by atoms with Gasteiger partial charge in [0.25, 0.3) is 5.91 Å². The first-order valence-electron chi connectivity index (χ1n) is 9.08. The van der Waals surface area contributed by atoms with Crippen LogP contribution < -0.4 is 10.6 Å². The van der Waals surface area contributed by atoms with Crippen LogP contribution in [0.4, 0.5) is 5.69 Å². The van der Waals surface area contributed by atoms with Gasteiger partial charge in [0.15, 0.2) is 5.76 Å². The molecule has 7 nitrogen and oxygen atoms in total. The van der Waals surface area contributed by atoms with Gasteiger partial charge in [-0.25, -0.2) is 0 Å². The van der Waals surface area contributed by atoms with Gasteiger partial charge in [-0.3, -0.25) is 9.59 Å². The minimum absolute atomic E-state index is 0.139. The fraction of sp³-hybridized carbons (Fsp3) is 0.400. The molecule has 2 N–H and O–H groups in total. The van der Waals surface area contributed by atoms with Crippen LogP contribution in [0.1, 0.15) is 23.4 Å². The van der Waals surface area contributed by atoms with Crippen molar-refractivity contribution in [2.75, 3.05) is 38.7 Å². The minimum Gasteiger partial charge on any atom is -0.459 e. The standard InChI is InChI=1S/C20H25N3O4/c1-26-14-11-21-19(25)20(22-16-7-3-2-4-8-16)10-6-12-23(15-20)18(24)17-9-5-13-27-17/h2-5,7-9,13,22H,6,10-12,14-15H2,1H3,(H,21,25). The zero-order chi connectivity index (χ0) is 19.1. The summed E-state index contributed by atoms with van der Waals surface area (Å²) in [6.45, 7) is 1.70. The first kappa shape index (κ1) is 19.0. The average molecular weight is 371 g/mol. The number of carbonyl (C=O) groups excluding carboxylic acids is 2. The summed E-state index contributed by atoms with van der Waals surface area (Å²) in [5, 5.41) is 6.29. The SMILES string of the molecule is COCCNC(=O)C1(Nc2ccccc2)CCCN(C(=O)c2ccco2)C1. The van der Waals surface area contributed by atoms with E-state index >= 15 is 0 Å². The van der Waals surface area contributed by atoms with Crippen molar-refractivity contribution in [2.45, 2.75) is 18.4 Å². The monoisotopic (exact) mass is 371 g/mol. The van der Waals surface area contributed by atoms with E-state index in [0.717, 1.165) is 5.69 Å². The Kier molecular flexibility index (Phi) is 6.13. The molecule has 7 heteroatoms. The topological polar surface area (TPSA) is 83.8 Å². The van der Waals surface area contributed by atoms with Gasteiger partial charge in [0.05, 0.1) is 19.4 Å². The number of anilines is 1. The van der Waals surface area contributed by atoms with E-state index in [1.165, 1.54) is 6.26 Å². The van der Waals surface area contributed by atoms with Crippen LogP contribution in [-0.2, 0) is 9.53 Å². The number of furan rings is 1. The van der Waals surface area contributed by atoms with Crippen molar-refractivity contribution in [3.05, 3.63) is 54.5 Å². The third-order valence-corrected chi connectivity index (χ3v) is 4.70. The second kappa shape index (κ2) is 8.73. The third kappa shape index (κ3) is 4.49.